The summed E-state index contributed by atoms with van der Waals surface area (Å²) in [5, 5.41) is 17.8. The van der Waals surface area contributed by atoms with Gasteiger partial charge in [-0.15, -0.1) is 0 Å². The average molecular weight is 227 g/mol. The second-order valence-corrected chi connectivity index (χ2v) is 3.43. The first-order valence-corrected chi connectivity index (χ1v) is 4.69. The summed E-state index contributed by atoms with van der Waals surface area (Å²) in [7, 11) is 0. The van der Waals surface area contributed by atoms with Gasteiger partial charge in [-0.1, -0.05) is 0 Å². The summed E-state index contributed by atoms with van der Waals surface area (Å²) in [6.07, 6.45) is -1.23. The van der Waals surface area contributed by atoms with Crippen molar-refractivity contribution in [3.05, 3.63) is 24.0 Å². The van der Waals surface area contributed by atoms with Gasteiger partial charge >= 0.3 is 6.09 Å². The Bertz CT molecular complexity index is 423. The van der Waals surface area contributed by atoms with Crippen LogP contribution in [0, 0.1) is 5.82 Å². The second-order valence-electron chi connectivity index (χ2n) is 3.43. The quantitative estimate of drug-likeness (QED) is 0.785. The summed E-state index contributed by atoms with van der Waals surface area (Å²) in [6, 6.07) is 3.60. The van der Waals surface area contributed by atoms with Crippen molar-refractivity contribution in [1.82, 2.24) is 0 Å². The lowest BCUT2D eigenvalue weighted by Gasteiger charge is -2.12. The van der Waals surface area contributed by atoms with Crippen molar-refractivity contribution in [2.75, 3.05) is 18.1 Å². The summed E-state index contributed by atoms with van der Waals surface area (Å²) < 4.78 is 17.9. The number of benzene rings is 1. The molecule has 0 aliphatic carbocycles. The van der Waals surface area contributed by atoms with E-state index in [-0.39, 0.29) is 18.8 Å². The van der Waals surface area contributed by atoms with Gasteiger partial charge in [0.2, 0.25) is 0 Å². The maximum absolute atomic E-state index is 13.1. The number of aliphatic hydroxyl groups excluding tert-OH is 1. The molecule has 1 heterocycles. The number of rotatable bonds is 2. The molecular formula is C10H10FNO4. The molecule has 5 nitrogen and oxygen atoms in total. The van der Waals surface area contributed by atoms with Crippen molar-refractivity contribution in [3.8, 4) is 5.75 Å². The topological polar surface area (TPSA) is 70.0 Å². The number of ether oxygens (including phenoxy) is 1. The van der Waals surface area contributed by atoms with Gasteiger partial charge in [0.25, 0.3) is 0 Å². The lowest BCUT2D eigenvalue weighted by atomic mass is 10.2. The highest BCUT2D eigenvalue weighted by Crippen LogP contribution is 2.26. The Hall–Kier alpha value is -1.82. The Morgan fingerprint density at radius 3 is 2.88 bits per heavy atom. The van der Waals surface area contributed by atoms with Gasteiger partial charge in [-0.25, -0.2) is 9.18 Å². The zero-order valence-corrected chi connectivity index (χ0v) is 8.26. The van der Waals surface area contributed by atoms with Crippen molar-refractivity contribution in [2.45, 2.75) is 6.10 Å². The number of aliphatic hydroxyl groups is 1. The van der Waals surface area contributed by atoms with Crippen LogP contribution in [0.25, 0.3) is 0 Å². The molecule has 1 amide bonds. The molecule has 1 saturated heterocycles. The number of cyclic esters (lactones) is 1. The number of amides is 1. The number of nitrogens with zero attached hydrogens (tertiary/aromatic N) is 1. The fraction of sp³-hybridized carbons (Fsp3) is 0.300. The summed E-state index contributed by atoms with van der Waals surface area (Å²) >= 11 is 0. The molecule has 0 bridgehead atoms. The second kappa shape index (κ2) is 3.97. The van der Waals surface area contributed by atoms with Gasteiger partial charge in [0.1, 0.15) is 6.10 Å². The van der Waals surface area contributed by atoms with Gasteiger partial charge in [0.05, 0.1) is 18.8 Å². The molecule has 86 valence electrons. The van der Waals surface area contributed by atoms with Crippen LogP contribution < -0.4 is 4.90 Å². The van der Waals surface area contributed by atoms with Gasteiger partial charge < -0.3 is 14.9 Å². The van der Waals surface area contributed by atoms with E-state index in [2.05, 4.69) is 0 Å². The summed E-state index contributed by atoms with van der Waals surface area (Å²) in [4.78, 5) is 12.5. The third-order valence-electron chi connectivity index (χ3n) is 2.32. The highest BCUT2D eigenvalue weighted by atomic mass is 19.1. The minimum atomic E-state index is -0.808. The third-order valence-corrected chi connectivity index (χ3v) is 2.32. The Morgan fingerprint density at radius 2 is 2.31 bits per heavy atom. The van der Waals surface area contributed by atoms with Gasteiger partial charge in [-0.05, 0) is 12.1 Å². The first-order chi connectivity index (χ1) is 7.61. The zero-order chi connectivity index (χ0) is 11.7. The van der Waals surface area contributed by atoms with Crippen LogP contribution in [0.3, 0.4) is 0 Å². The molecule has 1 aromatic rings. The van der Waals surface area contributed by atoms with Crippen LogP contribution in [-0.4, -0.2) is 35.6 Å². The van der Waals surface area contributed by atoms with Crippen LogP contribution in [0.4, 0.5) is 14.9 Å². The van der Waals surface area contributed by atoms with Crippen LogP contribution in [0.1, 0.15) is 0 Å². The van der Waals surface area contributed by atoms with Gasteiger partial charge in [-0.2, -0.15) is 0 Å². The SMILES string of the molecule is O=C1O[C@@H](CO)CN1c1ccc(O)c(F)c1. The molecule has 2 N–H and O–H groups in total. The molecule has 0 spiro atoms. The maximum Gasteiger partial charge on any atom is 0.414 e. The largest absolute Gasteiger partial charge is 0.505 e. The molecule has 6 heteroatoms. The fourth-order valence-electron chi connectivity index (χ4n) is 1.49. The monoisotopic (exact) mass is 227 g/mol. The van der Waals surface area contributed by atoms with Crippen LogP contribution in [0.15, 0.2) is 18.2 Å². The average Bonchev–Trinajstić information content (AvgIpc) is 2.64. The first-order valence-electron chi connectivity index (χ1n) is 4.69. The van der Waals surface area contributed by atoms with Crippen molar-refractivity contribution in [2.24, 2.45) is 0 Å². The first kappa shape index (κ1) is 10.7. The predicted octanol–water partition coefficient (Wildman–Crippen LogP) is 0.849. The van der Waals surface area contributed by atoms with E-state index >= 15 is 0 Å². The minimum Gasteiger partial charge on any atom is -0.505 e. The van der Waals surface area contributed by atoms with E-state index in [0.717, 1.165) is 12.1 Å². The molecule has 1 aliphatic rings. The third kappa shape index (κ3) is 1.79. The van der Waals surface area contributed by atoms with E-state index in [4.69, 9.17) is 14.9 Å². The molecule has 0 aromatic heterocycles. The Labute approximate surface area is 90.7 Å². The van der Waals surface area contributed by atoms with Crippen LogP contribution in [-0.2, 0) is 4.74 Å². The molecule has 1 aromatic carbocycles. The number of halogens is 1. The normalized spacial score (nSPS) is 20.0. The highest BCUT2D eigenvalue weighted by molar-refractivity contribution is 5.89. The van der Waals surface area contributed by atoms with Crippen molar-refractivity contribution >= 4 is 11.8 Å². The lowest BCUT2D eigenvalue weighted by molar-refractivity contribution is 0.0963. The molecule has 16 heavy (non-hydrogen) atoms. The number of hydrogen-bond acceptors (Lipinski definition) is 4. The number of phenolic OH excluding ortho intramolecular Hbond substituents is 1. The fourth-order valence-corrected chi connectivity index (χ4v) is 1.49. The van der Waals surface area contributed by atoms with Crippen LogP contribution >= 0.6 is 0 Å². The van der Waals surface area contributed by atoms with E-state index < -0.39 is 23.8 Å². The lowest BCUT2D eigenvalue weighted by Crippen LogP contribution is -2.25. The zero-order valence-electron chi connectivity index (χ0n) is 8.26. The van der Waals surface area contributed by atoms with Crippen molar-refractivity contribution < 1.29 is 24.1 Å². The summed E-state index contributed by atoms with van der Waals surface area (Å²) in [5.41, 5.74) is 0.288. The number of phenols is 1. The highest BCUT2D eigenvalue weighted by Gasteiger charge is 2.32. The van der Waals surface area contributed by atoms with Crippen molar-refractivity contribution in [1.29, 1.82) is 0 Å². The smallest absolute Gasteiger partial charge is 0.414 e. The number of anilines is 1. The van der Waals surface area contributed by atoms with Gasteiger partial charge in [0.15, 0.2) is 11.6 Å². The van der Waals surface area contributed by atoms with Crippen LogP contribution in [0.5, 0.6) is 5.75 Å². The molecule has 2 rings (SSSR count). The number of carbonyl (C=O) groups excluding carboxylic acids is 1. The molecule has 1 atom stereocenters. The summed E-state index contributed by atoms with van der Waals surface area (Å²) in [6.45, 7) is -0.109. The van der Waals surface area contributed by atoms with Gasteiger partial charge in [-0.3, -0.25) is 4.90 Å². The summed E-state index contributed by atoms with van der Waals surface area (Å²) in [5.74, 6) is -1.28. The Morgan fingerprint density at radius 1 is 1.56 bits per heavy atom. The van der Waals surface area contributed by atoms with E-state index in [1.54, 1.807) is 0 Å². The molecule has 0 radical (unpaired) electrons. The van der Waals surface area contributed by atoms with Crippen LogP contribution in [0.2, 0.25) is 0 Å². The van der Waals surface area contributed by atoms with E-state index in [1.807, 2.05) is 0 Å². The van der Waals surface area contributed by atoms with E-state index in [1.165, 1.54) is 11.0 Å². The molecule has 0 unspecified atom stereocenters. The molecule has 1 aliphatic heterocycles. The molecular weight excluding hydrogens is 217 g/mol. The van der Waals surface area contributed by atoms with E-state index in [9.17, 15) is 9.18 Å². The molecule has 1 fully saturated rings. The van der Waals surface area contributed by atoms with E-state index in [0.29, 0.717) is 0 Å². The number of carbonyl (C=O) groups is 1. The van der Waals surface area contributed by atoms with Crippen molar-refractivity contribution in [3.63, 3.8) is 0 Å². The number of hydrogen-bond donors (Lipinski definition) is 2. The predicted molar refractivity (Wildman–Crippen MR) is 52.8 cm³/mol. The Kier molecular flexibility index (Phi) is 2.66. The van der Waals surface area contributed by atoms with Gasteiger partial charge in [0, 0.05) is 6.07 Å². The Balaban J connectivity index is 2.24. The molecule has 0 saturated carbocycles. The number of aromatic hydroxyl groups is 1. The minimum absolute atomic E-state index is 0.166. The maximum atomic E-state index is 13.1. The standard InChI is InChI=1S/C10H10FNO4/c11-8-3-6(1-2-9(8)14)12-4-7(5-13)16-10(12)15/h1-3,7,13-14H,4-5H2/t7-/m1/s1.